The topological polar surface area (TPSA) is 27.6 Å². The Balaban J connectivity index is 0.000000605. The smallest absolute Gasteiger partial charge is 1.00 e. The van der Waals surface area contributed by atoms with Gasteiger partial charge in [-0.1, -0.05) is 0 Å². The van der Waals surface area contributed by atoms with Gasteiger partial charge in [-0.25, -0.2) is 0 Å². The molecule has 4 heteroatoms. The van der Waals surface area contributed by atoms with E-state index >= 15 is 0 Å². The maximum absolute atomic E-state index is 4.38. The van der Waals surface area contributed by atoms with E-state index in [1.807, 2.05) is 0 Å². The third-order valence-electron chi connectivity index (χ3n) is 2.04. The molecule has 1 N–H and O–H groups in total. The number of aliphatic imine (C=N–C) groups is 1. The summed E-state index contributed by atoms with van der Waals surface area (Å²) < 4.78 is 0. The Kier molecular flexibility index (Phi) is 3.69. The van der Waals surface area contributed by atoms with Crippen LogP contribution in [0.5, 0.6) is 0 Å². The fraction of sp³-hybridized carbons (Fsp3) is 0.857. The van der Waals surface area contributed by atoms with Gasteiger partial charge in [-0.05, 0) is 12.8 Å². The summed E-state index contributed by atoms with van der Waals surface area (Å²) in [5.41, 5.74) is 0. The summed E-state index contributed by atoms with van der Waals surface area (Å²) in [6.07, 6.45) is 2.49. The van der Waals surface area contributed by atoms with E-state index < -0.39 is 0 Å². The van der Waals surface area contributed by atoms with Gasteiger partial charge < -0.3 is 11.6 Å². The molecule has 0 atom stereocenters. The predicted molar refractivity (Wildman–Crippen MR) is 42.2 cm³/mol. The molecular formula is C7H14N3Na. The molecule has 0 aromatic rings. The Labute approximate surface area is 91.0 Å². The van der Waals surface area contributed by atoms with E-state index in [1.54, 1.807) is 0 Å². The molecule has 1 fully saturated rings. The predicted octanol–water partition coefficient (Wildman–Crippen LogP) is -2.84. The summed E-state index contributed by atoms with van der Waals surface area (Å²) in [6, 6.07) is 0. The molecule has 0 aliphatic carbocycles. The second-order valence-corrected chi connectivity index (χ2v) is 2.83. The van der Waals surface area contributed by atoms with E-state index in [-0.39, 0.29) is 31.0 Å². The molecule has 11 heavy (non-hydrogen) atoms. The van der Waals surface area contributed by atoms with E-state index in [2.05, 4.69) is 15.2 Å². The van der Waals surface area contributed by atoms with Crippen LogP contribution in [0.25, 0.3) is 0 Å². The first-order chi connectivity index (χ1) is 4.97. The van der Waals surface area contributed by atoms with Crippen LogP contribution in [0.3, 0.4) is 0 Å². The average molecular weight is 163 g/mol. The molecule has 3 nitrogen and oxygen atoms in total. The molecule has 58 valence electrons. The zero-order valence-electron chi connectivity index (χ0n) is 8.14. The largest absolute Gasteiger partial charge is 1.00 e. The number of hydrogen-bond acceptors (Lipinski definition) is 3. The molecule has 0 bridgehead atoms. The minimum Gasteiger partial charge on any atom is -1.00 e. The molecule has 0 radical (unpaired) electrons. The van der Waals surface area contributed by atoms with Crippen LogP contribution in [0.2, 0.25) is 0 Å². The Morgan fingerprint density at radius 3 is 3.00 bits per heavy atom. The molecule has 0 spiro atoms. The zero-order chi connectivity index (χ0) is 6.81. The van der Waals surface area contributed by atoms with Crippen LogP contribution in [-0.4, -0.2) is 37.0 Å². The fourth-order valence-corrected chi connectivity index (χ4v) is 1.51. The van der Waals surface area contributed by atoms with Crippen LogP contribution in [-0.2, 0) is 0 Å². The zero-order valence-corrected chi connectivity index (χ0v) is 9.14. The number of fused-ring (bicyclic) bond motifs is 1. The second kappa shape index (κ2) is 4.33. The Hall–Kier alpha value is 0.270. The standard InChI is InChI=1S/C7H13N3.Na.H/c1-3-8-7-9-4-2-6-10(7)5-1;;/h1-6H2,(H,8,9);;/q;+1;-1. The van der Waals surface area contributed by atoms with Crippen molar-refractivity contribution in [3.8, 4) is 0 Å². The Morgan fingerprint density at radius 1 is 1.36 bits per heavy atom. The van der Waals surface area contributed by atoms with Crippen molar-refractivity contribution >= 4 is 5.96 Å². The molecule has 0 aromatic heterocycles. The van der Waals surface area contributed by atoms with E-state index in [0.29, 0.717) is 0 Å². The number of hydrogen-bond donors (Lipinski definition) is 1. The van der Waals surface area contributed by atoms with Gasteiger partial charge in [0.1, 0.15) is 0 Å². The fourth-order valence-electron chi connectivity index (χ4n) is 1.51. The summed E-state index contributed by atoms with van der Waals surface area (Å²) in [4.78, 5) is 6.72. The number of nitrogens with one attached hydrogen (secondary N) is 1. The van der Waals surface area contributed by atoms with Crippen molar-refractivity contribution in [1.82, 2.24) is 10.2 Å². The molecule has 2 aliphatic heterocycles. The van der Waals surface area contributed by atoms with Gasteiger partial charge >= 0.3 is 29.6 Å². The van der Waals surface area contributed by atoms with Crippen molar-refractivity contribution in [2.75, 3.05) is 26.2 Å². The summed E-state index contributed by atoms with van der Waals surface area (Å²) in [5.74, 6) is 1.14. The summed E-state index contributed by atoms with van der Waals surface area (Å²) >= 11 is 0. The second-order valence-electron chi connectivity index (χ2n) is 2.83. The molecule has 1 saturated heterocycles. The van der Waals surface area contributed by atoms with Crippen LogP contribution in [0, 0.1) is 0 Å². The third kappa shape index (κ3) is 2.10. The van der Waals surface area contributed by atoms with Crippen molar-refractivity contribution in [3.05, 3.63) is 0 Å². The molecule has 0 aromatic carbocycles. The summed E-state index contributed by atoms with van der Waals surface area (Å²) in [6.45, 7) is 4.52. The van der Waals surface area contributed by atoms with Gasteiger partial charge in [0.2, 0.25) is 0 Å². The molecule has 0 saturated carbocycles. The maximum atomic E-state index is 4.38. The normalized spacial score (nSPS) is 22.5. The van der Waals surface area contributed by atoms with Crippen molar-refractivity contribution in [1.29, 1.82) is 0 Å². The Morgan fingerprint density at radius 2 is 2.18 bits per heavy atom. The molecule has 0 unspecified atom stereocenters. The average Bonchev–Trinajstić information content (AvgIpc) is 2.05. The van der Waals surface area contributed by atoms with Gasteiger partial charge in [0.15, 0.2) is 5.96 Å². The van der Waals surface area contributed by atoms with Gasteiger partial charge in [0.05, 0.1) is 0 Å². The molecule has 2 rings (SSSR count). The quantitative estimate of drug-likeness (QED) is 0.389. The van der Waals surface area contributed by atoms with Crippen LogP contribution in [0.15, 0.2) is 4.99 Å². The van der Waals surface area contributed by atoms with Gasteiger partial charge in [-0.3, -0.25) is 4.99 Å². The molecular weight excluding hydrogens is 149 g/mol. The van der Waals surface area contributed by atoms with Crippen LogP contribution < -0.4 is 34.9 Å². The SMILES string of the molecule is C1CN=C2NCCCN2C1.[H-].[Na+]. The monoisotopic (exact) mass is 163 g/mol. The number of nitrogens with zero attached hydrogens (tertiary/aromatic N) is 2. The van der Waals surface area contributed by atoms with Crippen LogP contribution in [0.1, 0.15) is 14.3 Å². The van der Waals surface area contributed by atoms with Gasteiger partial charge in [0.25, 0.3) is 0 Å². The number of rotatable bonds is 0. The van der Waals surface area contributed by atoms with E-state index in [4.69, 9.17) is 0 Å². The van der Waals surface area contributed by atoms with Crippen molar-refractivity contribution < 1.29 is 31.0 Å². The van der Waals surface area contributed by atoms with E-state index in [9.17, 15) is 0 Å². The van der Waals surface area contributed by atoms with Gasteiger partial charge in [-0.15, -0.1) is 0 Å². The molecule has 0 amide bonds. The molecule has 2 heterocycles. The minimum atomic E-state index is 0. The Bertz CT molecular complexity index is 163. The van der Waals surface area contributed by atoms with Crippen molar-refractivity contribution in [2.24, 2.45) is 4.99 Å². The van der Waals surface area contributed by atoms with E-state index in [1.165, 1.54) is 25.9 Å². The van der Waals surface area contributed by atoms with Crippen molar-refractivity contribution in [3.63, 3.8) is 0 Å². The van der Waals surface area contributed by atoms with Gasteiger partial charge in [0, 0.05) is 26.2 Å². The van der Waals surface area contributed by atoms with Crippen LogP contribution in [0.4, 0.5) is 0 Å². The minimum absolute atomic E-state index is 0. The number of guanidine groups is 1. The first-order valence-corrected chi connectivity index (χ1v) is 4.00. The maximum Gasteiger partial charge on any atom is 1.00 e. The summed E-state index contributed by atoms with van der Waals surface area (Å²) in [7, 11) is 0. The molecule has 2 aliphatic rings. The summed E-state index contributed by atoms with van der Waals surface area (Å²) in [5, 5.41) is 3.30. The van der Waals surface area contributed by atoms with Crippen molar-refractivity contribution in [2.45, 2.75) is 12.8 Å². The van der Waals surface area contributed by atoms with Gasteiger partial charge in [-0.2, -0.15) is 0 Å². The first kappa shape index (κ1) is 9.36. The van der Waals surface area contributed by atoms with Crippen LogP contribution >= 0.6 is 0 Å². The first-order valence-electron chi connectivity index (χ1n) is 4.00. The third-order valence-corrected chi connectivity index (χ3v) is 2.04. The van der Waals surface area contributed by atoms with E-state index in [0.717, 1.165) is 19.0 Å².